The minimum atomic E-state index is -0.585. The Labute approximate surface area is 144 Å². The maximum atomic E-state index is 11.6. The van der Waals surface area contributed by atoms with Gasteiger partial charge >= 0.3 is 5.97 Å². The van der Waals surface area contributed by atoms with Gasteiger partial charge in [0.2, 0.25) is 5.91 Å². The maximum Gasteiger partial charge on any atom is 0.326 e. The Morgan fingerprint density at radius 3 is 2.67 bits per heavy atom. The van der Waals surface area contributed by atoms with Crippen LogP contribution in [0.5, 0.6) is 5.75 Å². The van der Waals surface area contributed by atoms with Gasteiger partial charge in [-0.2, -0.15) is 0 Å². The van der Waals surface area contributed by atoms with Gasteiger partial charge in [0.15, 0.2) is 6.61 Å². The molecule has 7 nitrogen and oxygen atoms in total. The van der Waals surface area contributed by atoms with Crippen molar-refractivity contribution in [2.24, 2.45) is 0 Å². The Hall–Kier alpha value is -2.28. The molecule has 0 radical (unpaired) electrons. The van der Waals surface area contributed by atoms with Gasteiger partial charge in [0, 0.05) is 18.0 Å². The van der Waals surface area contributed by atoms with Crippen LogP contribution in [0.1, 0.15) is 12.8 Å². The van der Waals surface area contributed by atoms with Crippen LogP contribution < -0.4 is 10.1 Å². The van der Waals surface area contributed by atoms with E-state index in [0.29, 0.717) is 23.7 Å². The summed E-state index contributed by atoms with van der Waals surface area (Å²) in [6.07, 6.45) is 1.21. The van der Waals surface area contributed by atoms with E-state index in [0.717, 1.165) is 6.42 Å². The van der Waals surface area contributed by atoms with Crippen molar-refractivity contribution in [3.8, 4) is 5.75 Å². The number of carbonyl (C=O) groups excluding carboxylic acids is 3. The summed E-state index contributed by atoms with van der Waals surface area (Å²) in [5.74, 6) is -0.417. The number of hydrogen-bond donors (Lipinski definition) is 1. The fraction of sp³-hybridized carbons (Fsp3) is 0.438. The van der Waals surface area contributed by atoms with Crippen LogP contribution in [-0.2, 0) is 19.1 Å². The fourth-order valence-corrected chi connectivity index (χ4v) is 2.29. The summed E-state index contributed by atoms with van der Waals surface area (Å²) >= 11 is 5.76. The predicted molar refractivity (Wildman–Crippen MR) is 86.7 cm³/mol. The average Bonchev–Trinajstić information content (AvgIpc) is 2.96. The number of nitrogens with zero attached hydrogens (tertiary/aromatic N) is 1. The molecule has 0 unspecified atom stereocenters. The molecule has 1 aliphatic rings. The number of benzene rings is 1. The van der Waals surface area contributed by atoms with Crippen LogP contribution in [0, 0.1) is 0 Å². The highest BCUT2D eigenvalue weighted by atomic mass is 35.5. The Balaban J connectivity index is 1.55. The van der Waals surface area contributed by atoms with E-state index in [9.17, 15) is 14.4 Å². The number of hydrogen-bond acceptors (Lipinski definition) is 5. The number of nitrogens with one attached hydrogen (secondary N) is 1. The molecule has 1 aromatic carbocycles. The zero-order valence-corrected chi connectivity index (χ0v) is 13.9. The van der Waals surface area contributed by atoms with Crippen molar-refractivity contribution in [2.45, 2.75) is 12.8 Å². The summed E-state index contributed by atoms with van der Waals surface area (Å²) in [4.78, 5) is 35.9. The zero-order chi connectivity index (χ0) is 17.4. The fourth-order valence-electron chi connectivity index (χ4n) is 2.16. The summed E-state index contributed by atoms with van der Waals surface area (Å²) in [6.45, 7) is 0.642. The lowest BCUT2D eigenvalue weighted by atomic mass is 10.3. The molecule has 1 N–H and O–H groups in total. The van der Waals surface area contributed by atoms with Crippen molar-refractivity contribution < 1.29 is 23.9 Å². The molecule has 0 aliphatic carbocycles. The quantitative estimate of drug-likeness (QED) is 0.556. The number of carbonyl (C=O) groups is 3. The molecule has 1 heterocycles. The van der Waals surface area contributed by atoms with Crippen LogP contribution in [-0.4, -0.2) is 55.5 Å². The summed E-state index contributed by atoms with van der Waals surface area (Å²) in [6, 6.07) is 6.87. The third-order valence-corrected chi connectivity index (χ3v) is 3.61. The second kappa shape index (κ2) is 9.12. The average molecular weight is 355 g/mol. The Morgan fingerprint density at radius 2 is 2.00 bits per heavy atom. The molecular weight excluding hydrogens is 336 g/mol. The van der Waals surface area contributed by atoms with Crippen LogP contribution in [0.3, 0.4) is 0 Å². The molecule has 0 spiro atoms. The minimum absolute atomic E-state index is 0.0595. The standard InChI is InChI=1S/C16H19ClN2O5/c17-12-3-5-13(6-4-12)23-9-7-18-14(20)11-24-16(22)10-19-8-1-2-15(19)21/h3-6H,1-2,7-11H2,(H,18,20). The van der Waals surface area contributed by atoms with E-state index in [1.807, 2.05) is 0 Å². The van der Waals surface area contributed by atoms with Gasteiger partial charge in [-0.15, -0.1) is 0 Å². The molecule has 1 fully saturated rings. The van der Waals surface area contributed by atoms with Crippen molar-refractivity contribution in [2.75, 3.05) is 32.8 Å². The second-order valence-electron chi connectivity index (χ2n) is 5.23. The van der Waals surface area contributed by atoms with Gasteiger partial charge in [0.25, 0.3) is 5.91 Å². The highest BCUT2D eigenvalue weighted by Gasteiger charge is 2.23. The van der Waals surface area contributed by atoms with Crippen molar-refractivity contribution in [1.82, 2.24) is 10.2 Å². The summed E-state index contributed by atoms with van der Waals surface area (Å²) in [5.41, 5.74) is 0. The largest absolute Gasteiger partial charge is 0.492 e. The monoisotopic (exact) mass is 354 g/mol. The van der Waals surface area contributed by atoms with Crippen LogP contribution in [0.2, 0.25) is 5.02 Å². The third kappa shape index (κ3) is 6.08. The lowest BCUT2D eigenvalue weighted by molar-refractivity contribution is -0.151. The topological polar surface area (TPSA) is 84.9 Å². The molecule has 130 valence electrons. The van der Waals surface area contributed by atoms with Crippen molar-refractivity contribution in [3.63, 3.8) is 0 Å². The third-order valence-electron chi connectivity index (χ3n) is 3.36. The summed E-state index contributed by atoms with van der Waals surface area (Å²) in [7, 11) is 0. The van der Waals surface area contributed by atoms with Gasteiger partial charge in [0.1, 0.15) is 18.9 Å². The van der Waals surface area contributed by atoms with Crippen LogP contribution >= 0.6 is 11.6 Å². The lowest BCUT2D eigenvalue weighted by Gasteiger charge is -2.14. The Morgan fingerprint density at radius 1 is 1.25 bits per heavy atom. The van der Waals surface area contributed by atoms with Gasteiger partial charge in [-0.1, -0.05) is 11.6 Å². The Kier molecular flexibility index (Phi) is 6.87. The molecule has 0 aromatic heterocycles. The first-order valence-corrected chi connectivity index (χ1v) is 8.01. The molecule has 0 atom stereocenters. The highest BCUT2D eigenvalue weighted by molar-refractivity contribution is 6.30. The maximum absolute atomic E-state index is 11.6. The molecule has 1 aliphatic heterocycles. The van der Waals surface area contributed by atoms with Gasteiger partial charge in [-0.3, -0.25) is 14.4 Å². The van der Waals surface area contributed by atoms with Gasteiger partial charge < -0.3 is 19.7 Å². The SMILES string of the molecule is O=C(COC(=O)CN1CCCC1=O)NCCOc1ccc(Cl)cc1. The van der Waals surface area contributed by atoms with E-state index >= 15 is 0 Å². The first kappa shape index (κ1) is 18.1. The first-order valence-electron chi connectivity index (χ1n) is 7.63. The Bertz CT molecular complexity index is 591. The molecule has 1 saturated heterocycles. The van der Waals surface area contributed by atoms with Gasteiger partial charge in [-0.05, 0) is 30.7 Å². The molecule has 8 heteroatoms. The van der Waals surface area contributed by atoms with Crippen LogP contribution in [0.15, 0.2) is 24.3 Å². The molecule has 2 rings (SSSR count). The van der Waals surface area contributed by atoms with E-state index in [2.05, 4.69) is 5.32 Å². The van der Waals surface area contributed by atoms with Crippen LogP contribution in [0.25, 0.3) is 0 Å². The first-order chi connectivity index (χ1) is 11.5. The molecular formula is C16H19ClN2O5. The van der Waals surface area contributed by atoms with E-state index in [4.69, 9.17) is 21.1 Å². The van der Waals surface area contributed by atoms with E-state index < -0.39 is 11.9 Å². The predicted octanol–water partition coefficient (Wildman–Crippen LogP) is 1.00. The van der Waals surface area contributed by atoms with Crippen LogP contribution in [0.4, 0.5) is 0 Å². The number of rotatable bonds is 8. The molecule has 0 saturated carbocycles. The number of esters is 1. The second-order valence-corrected chi connectivity index (χ2v) is 5.67. The minimum Gasteiger partial charge on any atom is -0.492 e. The molecule has 2 amide bonds. The van der Waals surface area contributed by atoms with Gasteiger partial charge in [-0.25, -0.2) is 0 Å². The number of ether oxygens (including phenoxy) is 2. The van der Waals surface area contributed by atoms with Gasteiger partial charge in [0.05, 0.1) is 6.54 Å². The van der Waals surface area contributed by atoms with Crippen molar-refractivity contribution in [1.29, 1.82) is 0 Å². The molecule has 1 aromatic rings. The lowest BCUT2D eigenvalue weighted by Crippen LogP contribution is -2.35. The number of amides is 2. The molecule has 0 bridgehead atoms. The number of halogens is 1. The van der Waals surface area contributed by atoms with Crippen molar-refractivity contribution >= 4 is 29.4 Å². The van der Waals surface area contributed by atoms with E-state index in [1.54, 1.807) is 24.3 Å². The van der Waals surface area contributed by atoms with E-state index in [-0.39, 0.29) is 32.2 Å². The summed E-state index contributed by atoms with van der Waals surface area (Å²) in [5, 5.41) is 3.19. The summed E-state index contributed by atoms with van der Waals surface area (Å²) < 4.78 is 10.3. The van der Waals surface area contributed by atoms with Crippen molar-refractivity contribution in [3.05, 3.63) is 29.3 Å². The smallest absolute Gasteiger partial charge is 0.326 e. The number of likely N-dealkylation sites (tertiary alicyclic amines) is 1. The van der Waals surface area contributed by atoms with E-state index in [1.165, 1.54) is 4.90 Å². The molecule has 24 heavy (non-hydrogen) atoms. The zero-order valence-electron chi connectivity index (χ0n) is 13.1. The highest BCUT2D eigenvalue weighted by Crippen LogP contribution is 2.15. The normalized spacial score (nSPS) is 13.7.